The zero-order valence-corrected chi connectivity index (χ0v) is 49.7. The minimum atomic E-state index is -0.837. The first-order valence-electron chi connectivity index (χ1n) is 33.9. The zero-order valence-electron chi connectivity index (χ0n) is 49.7. The second-order valence-corrected chi connectivity index (χ2v) is 23.6. The number of allylic oxidation sites excluding steroid dienone is 1. The van der Waals surface area contributed by atoms with Crippen LogP contribution in [0.5, 0.6) is 0 Å². The summed E-state index contributed by atoms with van der Waals surface area (Å²) in [7, 11) is 0. The van der Waals surface area contributed by atoms with Crippen LogP contribution in [-0.4, -0.2) is 34.9 Å². The van der Waals surface area contributed by atoms with E-state index < -0.39 is 12.1 Å². The van der Waals surface area contributed by atoms with Gasteiger partial charge in [-0.15, -0.1) is 0 Å². The van der Waals surface area contributed by atoms with Gasteiger partial charge in [-0.1, -0.05) is 386 Å². The van der Waals surface area contributed by atoms with Gasteiger partial charge in [0.2, 0.25) is 5.91 Å². The van der Waals surface area contributed by atoms with Crippen molar-refractivity contribution in [2.45, 2.75) is 411 Å². The van der Waals surface area contributed by atoms with Crippen molar-refractivity contribution >= 4 is 5.91 Å². The highest BCUT2D eigenvalue weighted by Gasteiger charge is 2.18. The van der Waals surface area contributed by atoms with Gasteiger partial charge in [0.05, 0.1) is 18.8 Å². The van der Waals surface area contributed by atoms with Crippen LogP contribution in [0.4, 0.5) is 0 Å². The van der Waals surface area contributed by atoms with Gasteiger partial charge < -0.3 is 15.5 Å². The van der Waals surface area contributed by atoms with Crippen molar-refractivity contribution in [3.63, 3.8) is 0 Å². The topological polar surface area (TPSA) is 69.6 Å². The molecule has 0 aliphatic carbocycles. The molecule has 0 aromatic rings. The maximum atomic E-state index is 12.5. The summed E-state index contributed by atoms with van der Waals surface area (Å²) < 4.78 is 0. The molecule has 0 aromatic carbocycles. The summed E-state index contributed by atoms with van der Waals surface area (Å²) in [5, 5.41) is 23.3. The molecule has 0 saturated heterocycles. The smallest absolute Gasteiger partial charge is 0.220 e. The Morgan fingerprint density at radius 2 is 0.514 bits per heavy atom. The molecule has 0 bridgehead atoms. The lowest BCUT2D eigenvalue weighted by Crippen LogP contribution is -2.45. The van der Waals surface area contributed by atoms with E-state index in [4.69, 9.17) is 0 Å². The number of carbonyl (C=O) groups excluding carboxylic acids is 1. The van der Waals surface area contributed by atoms with Crippen molar-refractivity contribution in [1.82, 2.24) is 5.32 Å². The molecule has 0 aliphatic rings. The highest BCUT2D eigenvalue weighted by Crippen LogP contribution is 2.19. The van der Waals surface area contributed by atoms with E-state index in [1.807, 2.05) is 6.08 Å². The summed E-state index contributed by atoms with van der Waals surface area (Å²) >= 11 is 0. The third-order valence-electron chi connectivity index (χ3n) is 16.3. The fraction of sp³-hybridized carbons (Fsp3) is 0.956. The molecule has 4 heteroatoms. The molecule has 72 heavy (non-hydrogen) atoms. The number of rotatable bonds is 64. The first kappa shape index (κ1) is 71.1. The van der Waals surface area contributed by atoms with Gasteiger partial charge >= 0.3 is 0 Å². The summed E-state index contributed by atoms with van der Waals surface area (Å²) in [6, 6.07) is -0.619. The third-order valence-corrected chi connectivity index (χ3v) is 16.3. The second kappa shape index (κ2) is 64.4. The summed E-state index contributed by atoms with van der Waals surface area (Å²) in [5.74, 6) is -0.0533. The van der Waals surface area contributed by atoms with Gasteiger partial charge in [-0.25, -0.2) is 0 Å². The van der Waals surface area contributed by atoms with Gasteiger partial charge in [0, 0.05) is 6.42 Å². The van der Waals surface area contributed by atoms with Crippen LogP contribution in [0.1, 0.15) is 399 Å². The van der Waals surface area contributed by atoms with E-state index >= 15 is 0 Å². The molecule has 430 valence electrons. The molecule has 1 amide bonds. The van der Waals surface area contributed by atoms with Crippen LogP contribution in [0.3, 0.4) is 0 Å². The third kappa shape index (κ3) is 60.0. The van der Waals surface area contributed by atoms with Gasteiger partial charge in [-0.05, 0) is 19.3 Å². The fourth-order valence-electron chi connectivity index (χ4n) is 11.1. The lowest BCUT2D eigenvalue weighted by Gasteiger charge is -2.20. The Hall–Kier alpha value is -0.870. The van der Waals surface area contributed by atoms with Gasteiger partial charge in [0.15, 0.2) is 0 Å². The van der Waals surface area contributed by atoms with Crippen LogP contribution in [0.2, 0.25) is 0 Å². The van der Waals surface area contributed by atoms with E-state index in [9.17, 15) is 15.0 Å². The normalized spacial score (nSPS) is 12.7. The zero-order chi connectivity index (χ0) is 52.0. The number of amides is 1. The number of hydrogen-bond acceptors (Lipinski definition) is 3. The lowest BCUT2D eigenvalue weighted by atomic mass is 10.0. The Bertz CT molecular complexity index is 1010. The Labute approximate surface area is 454 Å². The van der Waals surface area contributed by atoms with Crippen LogP contribution < -0.4 is 5.32 Å². The van der Waals surface area contributed by atoms with Gasteiger partial charge in [0.25, 0.3) is 0 Å². The van der Waals surface area contributed by atoms with Crippen LogP contribution in [0.15, 0.2) is 12.2 Å². The van der Waals surface area contributed by atoms with Crippen molar-refractivity contribution < 1.29 is 15.0 Å². The molecular weight excluding hydrogens is 879 g/mol. The van der Waals surface area contributed by atoms with Gasteiger partial charge in [-0.3, -0.25) is 4.79 Å². The van der Waals surface area contributed by atoms with E-state index in [1.165, 1.54) is 353 Å². The van der Waals surface area contributed by atoms with Crippen molar-refractivity contribution in [2.24, 2.45) is 0 Å². The number of carbonyl (C=O) groups is 1. The molecule has 0 fully saturated rings. The van der Waals surface area contributed by atoms with E-state index in [0.29, 0.717) is 6.42 Å². The van der Waals surface area contributed by atoms with Crippen LogP contribution in [0.25, 0.3) is 0 Å². The van der Waals surface area contributed by atoms with E-state index in [1.54, 1.807) is 6.08 Å². The molecule has 4 nitrogen and oxygen atoms in total. The Balaban J connectivity index is 3.39. The maximum Gasteiger partial charge on any atom is 0.220 e. The number of hydrogen-bond donors (Lipinski definition) is 3. The predicted octanol–water partition coefficient (Wildman–Crippen LogP) is 22.8. The Morgan fingerprint density at radius 1 is 0.319 bits per heavy atom. The van der Waals surface area contributed by atoms with E-state index in [2.05, 4.69) is 19.2 Å². The molecule has 3 N–H and O–H groups in total. The summed E-state index contributed by atoms with van der Waals surface area (Å²) in [6.07, 6.45) is 85.8. The Kier molecular flexibility index (Phi) is 63.6. The summed E-state index contributed by atoms with van der Waals surface area (Å²) in [4.78, 5) is 12.5. The molecule has 0 saturated carbocycles. The van der Waals surface area contributed by atoms with E-state index in [0.717, 1.165) is 25.7 Å². The molecule has 2 atom stereocenters. The van der Waals surface area contributed by atoms with Crippen LogP contribution >= 0.6 is 0 Å². The first-order chi connectivity index (χ1) is 35.7. The predicted molar refractivity (Wildman–Crippen MR) is 323 cm³/mol. The summed E-state index contributed by atoms with van der Waals surface area (Å²) in [5.41, 5.74) is 0. The minimum Gasteiger partial charge on any atom is -0.394 e. The highest BCUT2D eigenvalue weighted by molar-refractivity contribution is 5.76. The molecule has 0 aromatic heterocycles. The number of unbranched alkanes of at least 4 members (excludes halogenated alkanes) is 57. The average Bonchev–Trinajstić information content (AvgIpc) is 3.39. The number of aliphatic hydroxyl groups is 2. The molecule has 0 aliphatic heterocycles. The van der Waals surface area contributed by atoms with Gasteiger partial charge in [0.1, 0.15) is 0 Å². The molecular formula is C68H135NO3. The van der Waals surface area contributed by atoms with Crippen LogP contribution in [0, 0.1) is 0 Å². The standard InChI is InChI=1S/C68H135NO3/c1-3-5-7-9-11-13-15-17-19-21-23-25-27-29-31-32-33-34-35-36-37-38-40-42-44-46-48-50-52-54-56-58-60-62-64-68(72)69-66(65-70)67(71)63-61-59-57-55-53-51-49-47-45-43-41-39-30-28-26-24-22-20-18-16-14-12-10-8-6-4-2/h61,63,66-67,70-71H,3-60,62,64-65H2,1-2H3,(H,69,72)/b63-61+. The lowest BCUT2D eigenvalue weighted by molar-refractivity contribution is -0.123. The van der Waals surface area contributed by atoms with Crippen LogP contribution in [-0.2, 0) is 4.79 Å². The minimum absolute atomic E-state index is 0.0533. The highest BCUT2D eigenvalue weighted by atomic mass is 16.3. The van der Waals surface area contributed by atoms with Gasteiger partial charge in [-0.2, -0.15) is 0 Å². The number of aliphatic hydroxyl groups excluding tert-OH is 2. The van der Waals surface area contributed by atoms with Crippen molar-refractivity contribution in [2.75, 3.05) is 6.61 Å². The van der Waals surface area contributed by atoms with E-state index in [-0.39, 0.29) is 12.5 Å². The van der Waals surface area contributed by atoms with Crippen molar-refractivity contribution in [3.8, 4) is 0 Å². The van der Waals surface area contributed by atoms with Crippen molar-refractivity contribution in [1.29, 1.82) is 0 Å². The fourth-order valence-corrected chi connectivity index (χ4v) is 11.1. The molecule has 0 rings (SSSR count). The maximum absolute atomic E-state index is 12.5. The average molecular weight is 1010 g/mol. The molecule has 0 radical (unpaired) electrons. The van der Waals surface area contributed by atoms with Crippen molar-refractivity contribution in [3.05, 3.63) is 12.2 Å². The molecule has 0 heterocycles. The first-order valence-corrected chi connectivity index (χ1v) is 33.9. The monoisotopic (exact) mass is 1010 g/mol. The largest absolute Gasteiger partial charge is 0.394 e. The number of nitrogens with one attached hydrogen (secondary N) is 1. The molecule has 0 spiro atoms. The summed E-state index contributed by atoms with van der Waals surface area (Å²) in [6.45, 7) is 4.37. The second-order valence-electron chi connectivity index (χ2n) is 23.6. The quantitative estimate of drug-likeness (QED) is 0.0420. The molecule has 2 unspecified atom stereocenters. The SMILES string of the molecule is CCCCCCCCCCCCCCCCCCCCCCCCCC/C=C/C(O)C(CO)NC(=O)CCCCCCCCCCCCCCCCCCCCCCCCCCCCCCCCCCCC. The Morgan fingerprint density at radius 3 is 0.722 bits per heavy atom.